The van der Waals surface area contributed by atoms with Gasteiger partial charge in [-0.3, -0.25) is 9.69 Å². The van der Waals surface area contributed by atoms with Crippen LogP contribution in [0, 0.1) is 19.8 Å². The van der Waals surface area contributed by atoms with Gasteiger partial charge in [-0.25, -0.2) is 0 Å². The topological polar surface area (TPSA) is 71.3 Å². The highest BCUT2D eigenvalue weighted by Crippen LogP contribution is 2.24. The summed E-state index contributed by atoms with van der Waals surface area (Å²) in [5.41, 5.74) is 4.53. The fourth-order valence-corrected chi connectivity index (χ4v) is 4.64. The molecule has 1 unspecified atom stereocenters. The molecule has 1 saturated heterocycles. The maximum Gasteiger partial charge on any atom is 0.241 e. The van der Waals surface area contributed by atoms with Gasteiger partial charge in [-0.15, -0.1) is 0 Å². The van der Waals surface area contributed by atoms with Crippen LogP contribution in [-0.4, -0.2) is 34.0 Å². The Hall–Kier alpha value is -2.51. The standard InChI is InChI=1S/C25H29BrN4O2/c1-16-7-8-17(2)22(13-16)18(3)27-25(31)19-9-11-30(12-10-19)15-23-28-24(29-32-23)20-5-4-6-21(26)14-20/h4-8,13-14,18-19H,9-12,15H2,1-3H3,(H,27,31). The van der Waals surface area contributed by atoms with Crippen LogP contribution >= 0.6 is 15.9 Å². The molecule has 0 saturated carbocycles. The van der Waals surface area contributed by atoms with Crippen LogP contribution in [0.1, 0.15) is 48.4 Å². The maximum absolute atomic E-state index is 12.9. The SMILES string of the molecule is Cc1ccc(C)c(C(C)NC(=O)C2CCN(Cc3nc(-c4cccc(Br)c4)no3)CC2)c1. The minimum absolute atomic E-state index is 0.00951. The minimum Gasteiger partial charge on any atom is -0.349 e. The zero-order chi connectivity index (χ0) is 22.7. The smallest absolute Gasteiger partial charge is 0.241 e. The van der Waals surface area contributed by atoms with Crippen molar-refractivity contribution in [2.75, 3.05) is 13.1 Å². The molecule has 3 aromatic rings. The number of hydrogen-bond donors (Lipinski definition) is 1. The zero-order valence-electron chi connectivity index (χ0n) is 18.8. The molecule has 1 N–H and O–H groups in total. The van der Waals surface area contributed by atoms with Gasteiger partial charge in [-0.1, -0.05) is 57.0 Å². The van der Waals surface area contributed by atoms with E-state index in [1.807, 2.05) is 24.3 Å². The molecule has 168 valence electrons. The number of hydrogen-bond acceptors (Lipinski definition) is 5. The van der Waals surface area contributed by atoms with Gasteiger partial charge in [-0.2, -0.15) is 4.98 Å². The lowest BCUT2D eigenvalue weighted by Gasteiger charge is -2.31. The molecule has 1 fully saturated rings. The molecule has 1 atom stereocenters. The molecule has 1 aromatic heterocycles. The summed E-state index contributed by atoms with van der Waals surface area (Å²) >= 11 is 3.47. The van der Waals surface area contributed by atoms with Crippen molar-refractivity contribution in [1.82, 2.24) is 20.4 Å². The van der Waals surface area contributed by atoms with Gasteiger partial charge < -0.3 is 9.84 Å². The van der Waals surface area contributed by atoms with Crippen LogP contribution in [0.25, 0.3) is 11.4 Å². The van der Waals surface area contributed by atoms with Gasteiger partial charge in [0.1, 0.15) is 0 Å². The quantitative estimate of drug-likeness (QED) is 0.507. The normalized spacial score (nSPS) is 16.1. The number of halogens is 1. The van der Waals surface area contributed by atoms with Crippen LogP contribution in [0.4, 0.5) is 0 Å². The Morgan fingerprint density at radius 1 is 1.22 bits per heavy atom. The number of carbonyl (C=O) groups is 1. The highest BCUT2D eigenvalue weighted by Gasteiger charge is 2.27. The second kappa shape index (κ2) is 9.96. The largest absolute Gasteiger partial charge is 0.349 e. The van der Waals surface area contributed by atoms with Gasteiger partial charge in [-0.05, 0) is 70.0 Å². The van der Waals surface area contributed by atoms with Crippen LogP contribution in [0.2, 0.25) is 0 Å². The number of nitrogens with zero attached hydrogens (tertiary/aromatic N) is 3. The van der Waals surface area contributed by atoms with Crippen LogP contribution in [-0.2, 0) is 11.3 Å². The number of aromatic nitrogens is 2. The average Bonchev–Trinajstić information content (AvgIpc) is 3.24. The van der Waals surface area contributed by atoms with E-state index in [-0.39, 0.29) is 17.9 Å². The molecule has 1 aliphatic heterocycles. The van der Waals surface area contributed by atoms with Crippen molar-refractivity contribution >= 4 is 21.8 Å². The highest BCUT2D eigenvalue weighted by atomic mass is 79.9. The Balaban J connectivity index is 1.29. The summed E-state index contributed by atoms with van der Waals surface area (Å²) in [5, 5.41) is 7.34. The van der Waals surface area contributed by atoms with Crippen molar-refractivity contribution < 1.29 is 9.32 Å². The molecular weight excluding hydrogens is 468 g/mol. The Kier molecular flexibility index (Phi) is 7.06. The van der Waals surface area contributed by atoms with E-state index in [0.717, 1.165) is 36.0 Å². The van der Waals surface area contributed by atoms with Crippen molar-refractivity contribution in [3.63, 3.8) is 0 Å². The summed E-state index contributed by atoms with van der Waals surface area (Å²) in [5.74, 6) is 1.38. The van der Waals surface area contributed by atoms with Gasteiger partial charge >= 0.3 is 0 Å². The number of carbonyl (C=O) groups excluding carboxylic acids is 1. The van der Waals surface area contributed by atoms with Crippen molar-refractivity contribution in [3.8, 4) is 11.4 Å². The van der Waals surface area contributed by atoms with Gasteiger partial charge in [0.05, 0.1) is 12.6 Å². The first-order valence-corrected chi connectivity index (χ1v) is 11.9. The number of rotatable bonds is 6. The van der Waals surface area contributed by atoms with Gasteiger partial charge in [0.2, 0.25) is 17.6 Å². The Labute approximate surface area is 197 Å². The van der Waals surface area contributed by atoms with Crippen LogP contribution in [0.3, 0.4) is 0 Å². The molecule has 6 nitrogen and oxygen atoms in total. The minimum atomic E-state index is 0.00951. The maximum atomic E-state index is 12.9. The van der Waals surface area contributed by atoms with Gasteiger partial charge in [0.15, 0.2) is 0 Å². The number of piperidine rings is 1. The summed E-state index contributed by atoms with van der Waals surface area (Å²) in [4.78, 5) is 19.7. The van der Waals surface area contributed by atoms with Gasteiger partial charge in [0.25, 0.3) is 0 Å². The van der Waals surface area contributed by atoms with E-state index in [9.17, 15) is 4.79 Å². The molecule has 0 aliphatic carbocycles. The molecule has 1 amide bonds. The summed E-state index contributed by atoms with van der Waals surface area (Å²) in [6.45, 7) is 8.52. The molecule has 0 radical (unpaired) electrons. The molecule has 2 heterocycles. The number of benzene rings is 2. The van der Waals surface area contributed by atoms with E-state index in [4.69, 9.17) is 4.52 Å². The summed E-state index contributed by atoms with van der Waals surface area (Å²) in [6.07, 6.45) is 1.66. The fraction of sp³-hybridized carbons (Fsp3) is 0.400. The van der Waals surface area contributed by atoms with Crippen molar-refractivity contribution in [2.24, 2.45) is 5.92 Å². The van der Waals surface area contributed by atoms with Crippen LogP contribution in [0.5, 0.6) is 0 Å². The lowest BCUT2D eigenvalue weighted by molar-refractivity contribution is -0.127. The van der Waals surface area contributed by atoms with Crippen LogP contribution in [0.15, 0.2) is 51.5 Å². The summed E-state index contributed by atoms with van der Waals surface area (Å²) in [7, 11) is 0. The average molecular weight is 497 g/mol. The third-order valence-corrected chi connectivity index (χ3v) is 6.62. The highest BCUT2D eigenvalue weighted by molar-refractivity contribution is 9.10. The molecule has 7 heteroatoms. The summed E-state index contributed by atoms with van der Waals surface area (Å²) in [6, 6.07) is 14.2. The number of aryl methyl sites for hydroxylation is 2. The van der Waals surface area contributed by atoms with Gasteiger partial charge in [0, 0.05) is 16.0 Å². The first-order valence-electron chi connectivity index (χ1n) is 11.1. The lowest BCUT2D eigenvalue weighted by atomic mass is 9.94. The van der Waals surface area contributed by atoms with Crippen molar-refractivity contribution in [3.05, 3.63) is 69.5 Å². The fourth-order valence-electron chi connectivity index (χ4n) is 4.24. The second-order valence-corrected chi connectivity index (χ2v) is 9.58. The molecule has 2 aromatic carbocycles. The van der Waals surface area contributed by atoms with E-state index < -0.39 is 0 Å². The van der Waals surface area contributed by atoms with E-state index in [0.29, 0.717) is 18.3 Å². The zero-order valence-corrected chi connectivity index (χ0v) is 20.4. The van der Waals surface area contributed by atoms with Crippen molar-refractivity contribution in [2.45, 2.75) is 46.2 Å². The Morgan fingerprint density at radius 2 is 2.00 bits per heavy atom. The van der Waals surface area contributed by atoms with E-state index in [2.05, 4.69) is 75.3 Å². The van der Waals surface area contributed by atoms with E-state index in [1.165, 1.54) is 16.7 Å². The number of nitrogens with one attached hydrogen (secondary N) is 1. The van der Waals surface area contributed by atoms with Crippen molar-refractivity contribution in [1.29, 1.82) is 0 Å². The Morgan fingerprint density at radius 3 is 2.75 bits per heavy atom. The van der Waals surface area contributed by atoms with E-state index >= 15 is 0 Å². The molecule has 0 bridgehead atoms. The molecular formula is C25H29BrN4O2. The molecule has 0 spiro atoms. The second-order valence-electron chi connectivity index (χ2n) is 8.66. The lowest BCUT2D eigenvalue weighted by Crippen LogP contribution is -2.41. The first-order chi connectivity index (χ1) is 15.4. The molecule has 1 aliphatic rings. The first kappa shape index (κ1) is 22.7. The number of amides is 1. The van der Waals surface area contributed by atoms with E-state index in [1.54, 1.807) is 0 Å². The Bertz CT molecular complexity index is 1090. The predicted octanol–water partition coefficient (Wildman–Crippen LogP) is 5.21. The molecule has 4 rings (SSSR count). The summed E-state index contributed by atoms with van der Waals surface area (Å²) < 4.78 is 6.44. The van der Waals surface area contributed by atoms with Crippen LogP contribution < -0.4 is 5.32 Å². The third-order valence-electron chi connectivity index (χ3n) is 6.13. The predicted molar refractivity (Wildman–Crippen MR) is 128 cm³/mol. The third kappa shape index (κ3) is 5.45. The monoisotopic (exact) mass is 496 g/mol. The number of likely N-dealkylation sites (tertiary alicyclic amines) is 1. The molecule has 32 heavy (non-hydrogen) atoms.